The van der Waals surface area contributed by atoms with Crippen molar-refractivity contribution in [1.82, 2.24) is 19.2 Å². The number of piperazine rings is 1. The Balaban J connectivity index is 1.44. The van der Waals surface area contributed by atoms with E-state index in [2.05, 4.69) is 14.9 Å². The van der Waals surface area contributed by atoms with Gasteiger partial charge in [-0.05, 0) is 42.7 Å². The second-order valence-corrected chi connectivity index (χ2v) is 9.98. The minimum absolute atomic E-state index is 0.111. The van der Waals surface area contributed by atoms with E-state index in [1.165, 1.54) is 17.5 Å². The maximum Gasteiger partial charge on any atom is 0.246 e. The summed E-state index contributed by atoms with van der Waals surface area (Å²) in [6, 6.07) is 6.75. The van der Waals surface area contributed by atoms with Gasteiger partial charge >= 0.3 is 0 Å². The second-order valence-electron chi connectivity index (χ2n) is 8.07. The number of hydrogen-bond acceptors (Lipinski definition) is 7. The molecule has 0 radical (unpaired) electrons. The number of benzene rings is 1. The Morgan fingerprint density at radius 2 is 1.70 bits per heavy atom. The van der Waals surface area contributed by atoms with Gasteiger partial charge in [0, 0.05) is 57.7 Å². The molecular weight excluding hydrogens is 442 g/mol. The summed E-state index contributed by atoms with van der Waals surface area (Å²) in [5, 5.41) is 0. The maximum absolute atomic E-state index is 13.2. The molecule has 0 unspecified atom stereocenters. The van der Waals surface area contributed by atoms with Gasteiger partial charge in [0.15, 0.2) is 0 Å². The fraction of sp³-hybridized carbons (Fsp3) is 0.435. The molecule has 1 aromatic carbocycles. The predicted octanol–water partition coefficient (Wildman–Crippen LogP) is 2.02. The normalized spacial score (nSPS) is 18.0. The molecule has 2 fully saturated rings. The average molecular weight is 472 g/mol. The SMILES string of the molecule is COc1ccc(C=CC(=O)N2CCN(c3ncccn3)CC2)cc1S(=O)(=O)N1CCCCC1. The fourth-order valence-electron chi connectivity index (χ4n) is 4.10. The number of methoxy groups -OCH3 is 1. The lowest BCUT2D eigenvalue weighted by Crippen LogP contribution is -2.48. The molecule has 2 aromatic rings. The molecule has 0 N–H and O–H groups in total. The van der Waals surface area contributed by atoms with Crippen LogP contribution in [0.4, 0.5) is 5.95 Å². The first-order valence-electron chi connectivity index (χ1n) is 11.2. The van der Waals surface area contributed by atoms with E-state index in [-0.39, 0.29) is 10.8 Å². The van der Waals surface area contributed by atoms with Gasteiger partial charge in [-0.25, -0.2) is 18.4 Å². The minimum Gasteiger partial charge on any atom is -0.495 e. The van der Waals surface area contributed by atoms with Gasteiger partial charge in [-0.2, -0.15) is 4.31 Å². The van der Waals surface area contributed by atoms with Gasteiger partial charge in [-0.1, -0.05) is 12.5 Å². The Morgan fingerprint density at radius 3 is 2.36 bits per heavy atom. The number of carbonyl (C=O) groups excluding carboxylic acids is 1. The van der Waals surface area contributed by atoms with Crippen LogP contribution >= 0.6 is 0 Å². The van der Waals surface area contributed by atoms with Crippen LogP contribution in [0.5, 0.6) is 5.75 Å². The molecule has 0 aliphatic carbocycles. The molecule has 0 spiro atoms. The zero-order valence-corrected chi connectivity index (χ0v) is 19.6. The summed E-state index contributed by atoms with van der Waals surface area (Å²) >= 11 is 0. The van der Waals surface area contributed by atoms with Crippen molar-refractivity contribution in [2.45, 2.75) is 24.2 Å². The quantitative estimate of drug-likeness (QED) is 0.595. The highest BCUT2D eigenvalue weighted by molar-refractivity contribution is 7.89. The third-order valence-corrected chi connectivity index (χ3v) is 7.89. The number of anilines is 1. The molecule has 1 amide bonds. The number of carbonyl (C=O) groups is 1. The molecule has 2 aliphatic rings. The first kappa shape index (κ1) is 23.2. The van der Waals surface area contributed by atoms with Crippen LogP contribution in [0.3, 0.4) is 0 Å². The summed E-state index contributed by atoms with van der Waals surface area (Å²) in [5.74, 6) is 0.865. The van der Waals surface area contributed by atoms with E-state index in [1.807, 2.05) is 0 Å². The van der Waals surface area contributed by atoms with E-state index in [4.69, 9.17) is 4.74 Å². The largest absolute Gasteiger partial charge is 0.495 e. The van der Waals surface area contributed by atoms with Gasteiger partial charge in [0.25, 0.3) is 0 Å². The van der Waals surface area contributed by atoms with E-state index in [1.54, 1.807) is 47.6 Å². The Bertz CT molecular complexity index is 1090. The van der Waals surface area contributed by atoms with Crippen molar-refractivity contribution in [3.63, 3.8) is 0 Å². The molecule has 2 aliphatic heterocycles. The smallest absolute Gasteiger partial charge is 0.246 e. The standard InChI is InChI=1S/C23H29N5O4S/c1-32-20-8-6-19(18-21(20)33(30,31)28-12-3-2-4-13-28)7-9-22(29)26-14-16-27(17-15-26)23-24-10-5-11-25-23/h5-11,18H,2-4,12-17H2,1H3. The molecule has 0 saturated carbocycles. The van der Waals surface area contributed by atoms with E-state index in [9.17, 15) is 13.2 Å². The molecule has 1 aromatic heterocycles. The van der Waals surface area contributed by atoms with Crippen molar-refractivity contribution in [3.8, 4) is 5.75 Å². The first-order valence-corrected chi connectivity index (χ1v) is 12.6. The maximum atomic E-state index is 13.2. The molecule has 2 saturated heterocycles. The van der Waals surface area contributed by atoms with Crippen LogP contribution < -0.4 is 9.64 Å². The number of amides is 1. The molecule has 4 rings (SSSR count). The zero-order chi connectivity index (χ0) is 23.3. The second kappa shape index (κ2) is 10.3. The van der Waals surface area contributed by atoms with Crippen LogP contribution in [0, 0.1) is 0 Å². The van der Waals surface area contributed by atoms with Gasteiger partial charge in [0.1, 0.15) is 10.6 Å². The molecule has 33 heavy (non-hydrogen) atoms. The summed E-state index contributed by atoms with van der Waals surface area (Å²) in [4.78, 5) is 25.2. The number of rotatable bonds is 6. The van der Waals surface area contributed by atoms with E-state index in [0.29, 0.717) is 56.5 Å². The lowest BCUT2D eigenvalue weighted by atomic mass is 10.2. The van der Waals surface area contributed by atoms with Crippen molar-refractivity contribution in [3.05, 3.63) is 48.3 Å². The monoisotopic (exact) mass is 471 g/mol. The molecule has 0 bridgehead atoms. The fourth-order valence-corrected chi connectivity index (χ4v) is 5.80. The van der Waals surface area contributed by atoms with Crippen molar-refractivity contribution >= 4 is 28.0 Å². The highest BCUT2D eigenvalue weighted by Crippen LogP contribution is 2.30. The first-order chi connectivity index (χ1) is 16.0. The third-order valence-electron chi connectivity index (χ3n) is 5.97. The predicted molar refractivity (Wildman–Crippen MR) is 125 cm³/mol. The van der Waals surface area contributed by atoms with Crippen LogP contribution in [0.25, 0.3) is 6.08 Å². The summed E-state index contributed by atoms with van der Waals surface area (Å²) < 4.78 is 33.2. The van der Waals surface area contributed by atoms with E-state index >= 15 is 0 Å². The van der Waals surface area contributed by atoms with Crippen molar-refractivity contribution in [2.75, 3.05) is 51.3 Å². The molecule has 3 heterocycles. The number of hydrogen-bond donors (Lipinski definition) is 0. The molecule has 176 valence electrons. The Labute approximate surface area is 194 Å². The van der Waals surface area contributed by atoms with Gasteiger partial charge in [0.05, 0.1) is 7.11 Å². The molecular formula is C23H29N5O4S. The molecule has 9 nitrogen and oxygen atoms in total. The van der Waals surface area contributed by atoms with Crippen molar-refractivity contribution in [2.24, 2.45) is 0 Å². The van der Waals surface area contributed by atoms with Gasteiger partial charge in [-0.3, -0.25) is 4.79 Å². The van der Waals surface area contributed by atoms with Crippen molar-refractivity contribution < 1.29 is 17.9 Å². The highest BCUT2D eigenvalue weighted by atomic mass is 32.2. The third kappa shape index (κ3) is 5.33. The van der Waals surface area contributed by atoms with Gasteiger partial charge in [-0.15, -0.1) is 0 Å². The summed E-state index contributed by atoms with van der Waals surface area (Å²) in [6.45, 7) is 3.49. The Hall–Kier alpha value is -2.98. The van der Waals surface area contributed by atoms with Crippen molar-refractivity contribution in [1.29, 1.82) is 0 Å². The number of nitrogens with zero attached hydrogens (tertiary/aromatic N) is 5. The Kier molecular flexibility index (Phi) is 7.24. The topological polar surface area (TPSA) is 95.9 Å². The van der Waals surface area contributed by atoms with Crippen LogP contribution in [0.2, 0.25) is 0 Å². The van der Waals surface area contributed by atoms with Gasteiger partial charge in [0.2, 0.25) is 21.9 Å². The Morgan fingerprint density at radius 1 is 1.00 bits per heavy atom. The van der Waals surface area contributed by atoms with Crippen LogP contribution in [-0.4, -0.2) is 79.9 Å². The molecule has 0 atom stereocenters. The van der Waals surface area contributed by atoms with Crippen LogP contribution in [0.1, 0.15) is 24.8 Å². The van der Waals surface area contributed by atoms with E-state index < -0.39 is 10.0 Å². The lowest BCUT2D eigenvalue weighted by molar-refractivity contribution is -0.126. The van der Waals surface area contributed by atoms with Gasteiger partial charge < -0.3 is 14.5 Å². The minimum atomic E-state index is -3.66. The number of aromatic nitrogens is 2. The van der Waals surface area contributed by atoms with Crippen LogP contribution in [-0.2, 0) is 14.8 Å². The average Bonchev–Trinajstić information content (AvgIpc) is 2.88. The number of sulfonamides is 1. The summed E-state index contributed by atoms with van der Waals surface area (Å²) in [5.41, 5.74) is 0.635. The lowest BCUT2D eigenvalue weighted by Gasteiger charge is -2.34. The molecule has 10 heteroatoms. The summed E-state index contributed by atoms with van der Waals surface area (Å²) in [7, 11) is -2.20. The zero-order valence-electron chi connectivity index (χ0n) is 18.8. The number of ether oxygens (including phenoxy) is 1. The number of piperidine rings is 1. The summed E-state index contributed by atoms with van der Waals surface area (Å²) in [6.07, 6.45) is 9.32. The van der Waals surface area contributed by atoms with E-state index in [0.717, 1.165) is 19.3 Å². The highest BCUT2D eigenvalue weighted by Gasteiger charge is 2.29. The van der Waals surface area contributed by atoms with Crippen LogP contribution in [0.15, 0.2) is 47.6 Å².